The number of rotatable bonds is 5. The second kappa shape index (κ2) is 6.46. The molecule has 3 amide bonds. The van der Waals surface area contributed by atoms with Crippen LogP contribution in [0.2, 0.25) is 0 Å². The Morgan fingerprint density at radius 2 is 1.77 bits per heavy atom. The summed E-state index contributed by atoms with van der Waals surface area (Å²) in [5.41, 5.74) is 0.476. The molecule has 140 valence electrons. The first-order chi connectivity index (χ1) is 12.5. The number of urea groups is 1. The van der Waals surface area contributed by atoms with E-state index in [0.29, 0.717) is 12.6 Å². The summed E-state index contributed by atoms with van der Waals surface area (Å²) in [6.45, 7) is 5.63. The van der Waals surface area contributed by atoms with Gasteiger partial charge in [0.15, 0.2) is 0 Å². The van der Waals surface area contributed by atoms with Crippen molar-refractivity contribution in [2.45, 2.75) is 25.3 Å². The zero-order valence-corrected chi connectivity index (χ0v) is 15.4. The van der Waals surface area contributed by atoms with Crippen molar-refractivity contribution < 1.29 is 14.3 Å². The van der Waals surface area contributed by atoms with Crippen LogP contribution >= 0.6 is 0 Å². The highest BCUT2D eigenvalue weighted by Gasteiger charge is 2.56. The number of nitrogens with one attached hydrogen (secondary N) is 1. The molecular weight excluding hydrogens is 332 g/mol. The van der Waals surface area contributed by atoms with Gasteiger partial charge in [0.25, 0.3) is 5.91 Å². The van der Waals surface area contributed by atoms with Crippen LogP contribution in [0.1, 0.15) is 19.8 Å². The molecule has 1 saturated carbocycles. The molecule has 3 fully saturated rings. The fraction of sp³-hybridized carbons (Fsp3) is 0.579. The number of imide groups is 1. The van der Waals surface area contributed by atoms with E-state index in [1.807, 2.05) is 19.1 Å². The van der Waals surface area contributed by atoms with Crippen molar-refractivity contribution in [3.63, 3.8) is 0 Å². The SMILES string of the molecule is COc1ccc(N2CCN(CN3C(=O)N[C@@](C)(C4CC4)C3=O)CC2)cc1. The van der Waals surface area contributed by atoms with Crippen molar-refractivity contribution in [1.82, 2.24) is 15.1 Å². The summed E-state index contributed by atoms with van der Waals surface area (Å²) in [4.78, 5) is 30.9. The fourth-order valence-electron chi connectivity index (χ4n) is 3.92. The molecule has 26 heavy (non-hydrogen) atoms. The van der Waals surface area contributed by atoms with Gasteiger partial charge in [-0.15, -0.1) is 0 Å². The van der Waals surface area contributed by atoms with Crippen molar-refractivity contribution in [3.05, 3.63) is 24.3 Å². The molecule has 7 heteroatoms. The van der Waals surface area contributed by atoms with Gasteiger partial charge in [-0.2, -0.15) is 0 Å². The standard InChI is InChI=1S/C19H26N4O3/c1-19(14-3-4-14)17(24)23(18(25)20-19)13-21-9-11-22(12-10-21)15-5-7-16(26-2)8-6-15/h5-8,14H,3-4,9-13H2,1-2H3,(H,20,25)/t19-/m0/s1. The van der Waals surface area contributed by atoms with Gasteiger partial charge >= 0.3 is 6.03 Å². The molecule has 1 N–H and O–H groups in total. The maximum absolute atomic E-state index is 12.7. The monoisotopic (exact) mass is 358 g/mol. The fourth-order valence-corrected chi connectivity index (χ4v) is 3.92. The number of piperazine rings is 1. The van der Waals surface area contributed by atoms with Crippen LogP contribution in [-0.4, -0.2) is 67.2 Å². The van der Waals surface area contributed by atoms with Crippen molar-refractivity contribution in [3.8, 4) is 5.75 Å². The van der Waals surface area contributed by atoms with Crippen LogP contribution in [0.4, 0.5) is 10.5 Å². The number of anilines is 1. The Hall–Kier alpha value is -2.28. The van der Waals surface area contributed by atoms with Crippen LogP contribution in [0.3, 0.4) is 0 Å². The molecule has 0 spiro atoms. The molecule has 4 rings (SSSR count). The summed E-state index contributed by atoms with van der Waals surface area (Å²) in [6.07, 6.45) is 2.05. The van der Waals surface area contributed by atoms with E-state index in [4.69, 9.17) is 4.74 Å². The Morgan fingerprint density at radius 1 is 1.12 bits per heavy atom. The topological polar surface area (TPSA) is 65.1 Å². The lowest BCUT2D eigenvalue weighted by Crippen LogP contribution is -2.52. The predicted molar refractivity (Wildman–Crippen MR) is 98.2 cm³/mol. The van der Waals surface area contributed by atoms with Gasteiger partial charge in [-0.1, -0.05) is 0 Å². The highest BCUT2D eigenvalue weighted by Crippen LogP contribution is 2.42. The first-order valence-electron chi connectivity index (χ1n) is 9.27. The third-order valence-electron chi connectivity index (χ3n) is 5.85. The summed E-state index contributed by atoms with van der Waals surface area (Å²) in [6, 6.07) is 7.81. The molecule has 2 saturated heterocycles. The summed E-state index contributed by atoms with van der Waals surface area (Å²) < 4.78 is 5.20. The molecule has 1 aromatic carbocycles. The molecule has 0 radical (unpaired) electrons. The zero-order valence-electron chi connectivity index (χ0n) is 15.4. The van der Waals surface area contributed by atoms with Crippen molar-refractivity contribution in [2.24, 2.45) is 5.92 Å². The molecule has 2 aliphatic heterocycles. The molecule has 3 aliphatic rings. The second-order valence-corrected chi connectivity index (χ2v) is 7.58. The maximum atomic E-state index is 12.7. The number of benzene rings is 1. The second-order valence-electron chi connectivity index (χ2n) is 7.58. The van der Waals surface area contributed by atoms with Crippen LogP contribution in [-0.2, 0) is 4.79 Å². The number of hydrogen-bond acceptors (Lipinski definition) is 5. The average Bonchev–Trinajstić information content (AvgIpc) is 3.49. The Labute approximate surface area is 153 Å². The van der Waals surface area contributed by atoms with Crippen molar-refractivity contribution in [2.75, 3.05) is 44.9 Å². The van der Waals surface area contributed by atoms with E-state index < -0.39 is 5.54 Å². The number of ether oxygens (including phenoxy) is 1. The lowest BCUT2D eigenvalue weighted by atomic mass is 9.96. The van der Waals surface area contributed by atoms with Gasteiger partial charge in [0, 0.05) is 31.9 Å². The molecular formula is C19H26N4O3. The number of nitrogens with zero attached hydrogens (tertiary/aromatic N) is 3. The largest absolute Gasteiger partial charge is 0.497 e. The molecule has 1 aromatic rings. The van der Waals surface area contributed by atoms with E-state index in [-0.39, 0.29) is 11.9 Å². The highest BCUT2D eigenvalue weighted by molar-refractivity contribution is 6.07. The summed E-state index contributed by atoms with van der Waals surface area (Å²) in [7, 11) is 1.66. The molecule has 2 heterocycles. The number of amides is 3. The van der Waals surface area contributed by atoms with Gasteiger partial charge in [-0.25, -0.2) is 9.69 Å². The Balaban J connectivity index is 1.33. The minimum Gasteiger partial charge on any atom is -0.497 e. The Bertz CT molecular complexity index is 695. The van der Waals surface area contributed by atoms with E-state index in [0.717, 1.165) is 44.8 Å². The maximum Gasteiger partial charge on any atom is 0.326 e. The minimum atomic E-state index is -0.692. The summed E-state index contributed by atoms with van der Waals surface area (Å²) in [5, 5.41) is 2.92. The van der Waals surface area contributed by atoms with Crippen LogP contribution in [0.5, 0.6) is 5.75 Å². The molecule has 0 unspecified atom stereocenters. The number of carbonyl (C=O) groups is 2. The summed E-state index contributed by atoms with van der Waals surface area (Å²) in [5.74, 6) is 1.09. The van der Waals surface area contributed by atoms with Gasteiger partial charge < -0.3 is 15.0 Å². The minimum absolute atomic E-state index is 0.0671. The van der Waals surface area contributed by atoms with Crippen LogP contribution < -0.4 is 15.0 Å². The lowest BCUT2D eigenvalue weighted by Gasteiger charge is -2.37. The zero-order chi connectivity index (χ0) is 18.3. The third kappa shape index (κ3) is 3.00. The average molecular weight is 358 g/mol. The van der Waals surface area contributed by atoms with E-state index in [1.165, 1.54) is 10.6 Å². The number of carbonyl (C=O) groups excluding carboxylic acids is 2. The van der Waals surface area contributed by atoms with Gasteiger partial charge in [-0.05, 0) is 49.9 Å². The first-order valence-corrected chi connectivity index (χ1v) is 9.27. The predicted octanol–water partition coefficient (Wildman–Crippen LogP) is 1.50. The van der Waals surface area contributed by atoms with Gasteiger partial charge in [0.1, 0.15) is 11.3 Å². The van der Waals surface area contributed by atoms with E-state index >= 15 is 0 Å². The smallest absolute Gasteiger partial charge is 0.326 e. The van der Waals surface area contributed by atoms with Crippen molar-refractivity contribution in [1.29, 1.82) is 0 Å². The Kier molecular flexibility index (Phi) is 4.26. The third-order valence-corrected chi connectivity index (χ3v) is 5.85. The number of hydrogen-bond donors (Lipinski definition) is 1. The molecule has 7 nitrogen and oxygen atoms in total. The van der Waals surface area contributed by atoms with Gasteiger partial charge in [0.2, 0.25) is 0 Å². The quantitative estimate of drug-likeness (QED) is 0.808. The van der Waals surface area contributed by atoms with E-state index in [2.05, 4.69) is 27.2 Å². The Morgan fingerprint density at radius 3 is 2.35 bits per heavy atom. The van der Waals surface area contributed by atoms with Gasteiger partial charge in [-0.3, -0.25) is 9.69 Å². The van der Waals surface area contributed by atoms with Crippen LogP contribution in [0.15, 0.2) is 24.3 Å². The normalized spacial score (nSPS) is 27.0. The highest BCUT2D eigenvalue weighted by atomic mass is 16.5. The number of methoxy groups -OCH3 is 1. The molecule has 1 aliphatic carbocycles. The molecule has 0 aromatic heterocycles. The molecule has 0 bridgehead atoms. The first kappa shape index (κ1) is 17.1. The van der Waals surface area contributed by atoms with E-state index in [1.54, 1.807) is 7.11 Å². The summed E-state index contributed by atoms with van der Waals surface area (Å²) >= 11 is 0. The van der Waals surface area contributed by atoms with Crippen LogP contribution in [0.25, 0.3) is 0 Å². The van der Waals surface area contributed by atoms with Crippen LogP contribution in [0, 0.1) is 5.92 Å². The van der Waals surface area contributed by atoms with Gasteiger partial charge in [0.05, 0.1) is 13.8 Å². The lowest BCUT2D eigenvalue weighted by molar-refractivity contribution is -0.133. The van der Waals surface area contributed by atoms with Crippen molar-refractivity contribution >= 4 is 17.6 Å². The molecule has 1 atom stereocenters. The van der Waals surface area contributed by atoms with E-state index in [9.17, 15) is 9.59 Å².